The Kier molecular flexibility index (Phi) is 5.41. The Labute approximate surface area is 112 Å². The first-order chi connectivity index (χ1) is 8.95. The number of carbonyl (C=O) groups is 2. The lowest BCUT2D eigenvalue weighted by atomic mass is 10.3. The fraction of sp³-hybridized carbons (Fsp3) is 0.538. The van der Waals surface area contributed by atoms with Gasteiger partial charge in [0.25, 0.3) is 0 Å². The van der Waals surface area contributed by atoms with Crippen LogP contribution in [0, 0.1) is 0 Å². The maximum atomic E-state index is 11.9. The monoisotopic (exact) mass is 268 g/mol. The lowest BCUT2D eigenvalue weighted by Gasteiger charge is -2.11. The molecular formula is C13H20N2O4. The van der Waals surface area contributed by atoms with Gasteiger partial charge in [-0.2, -0.15) is 0 Å². The molecule has 1 heterocycles. The van der Waals surface area contributed by atoms with Crippen LogP contribution in [-0.4, -0.2) is 30.2 Å². The third kappa shape index (κ3) is 4.31. The van der Waals surface area contributed by atoms with E-state index in [2.05, 4.69) is 4.74 Å². The molecule has 1 aromatic heterocycles. The maximum absolute atomic E-state index is 11.9. The van der Waals surface area contributed by atoms with Gasteiger partial charge >= 0.3 is 11.9 Å². The van der Waals surface area contributed by atoms with E-state index in [1.807, 2.05) is 13.8 Å². The molecule has 19 heavy (non-hydrogen) atoms. The van der Waals surface area contributed by atoms with Gasteiger partial charge < -0.3 is 19.8 Å². The lowest BCUT2D eigenvalue weighted by molar-refractivity contribution is -0.140. The van der Waals surface area contributed by atoms with Gasteiger partial charge in [-0.25, -0.2) is 4.79 Å². The van der Waals surface area contributed by atoms with Gasteiger partial charge in [-0.3, -0.25) is 4.79 Å². The molecule has 106 valence electrons. The first-order valence-corrected chi connectivity index (χ1v) is 6.17. The Morgan fingerprint density at radius 3 is 2.68 bits per heavy atom. The summed E-state index contributed by atoms with van der Waals surface area (Å²) in [5, 5.41) is 0. The molecule has 0 fully saturated rings. The number of rotatable bonds is 6. The van der Waals surface area contributed by atoms with Crippen LogP contribution in [0.15, 0.2) is 12.3 Å². The second kappa shape index (κ2) is 6.82. The van der Waals surface area contributed by atoms with Crippen LogP contribution in [0.4, 0.5) is 5.69 Å². The molecule has 0 aromatic carbocycles. The molecule has 0 amide bonds. The highest BCUT2D eigenvalue weighted by atomic mass is 16.5. The molecular weight excluding hydrogens is 248 g/mol. The minimum atomic E-state index is -0.435. The van der Waals surface area contributed by atoms with E-state index in [4.69, 9.17) is 10.5 Å². The predicted octanol–water partition coefficient (Wildman–Crippen LogP) is 1.76. The average Bonchev–Trinajstić information content (AvgIpc) is 2.76. The Morgan fingerprint density at radius 1 is 1.42 bits per heavy atom. The Bertz CT molecular complexity index is 451. The normalized spacial score (nSPS) is 10.5. The summed E-state index contributed by atoms with van der Waals surface area (Å²) in [5.41, 5.74) is 6.62. The number of nitrogen functional groups attached to an aromatic ring is 1. The second-order valence-corrected chi connectivity index (χ2v) is 4.48. The molecule has 6 nitrogen and oxygen atoms in total. The first-order valence-electron chi connectivity index (χ1n) is 6.17. The van der Waals surface area contributed by atoms with Gasteiger partial charge in [0.1, 0.15) is 5.69 Å². The molecule has 6 heteroatoms. The number of esters is 2. The highest BCUT2D eigenvalue weighted by Gasteiger charge is 2.16. The number of nitrogens with two attached hydrogens (primary N) is 1. The van der Waals surface area contributed by atoms with Crippen molar-refractivity contribution in [2.75, 3.05) is 19.5 Å². The van der Waals surface area contributed by atoms with Crippen LogP contribution in [0.1, 0.15) is 43.2 Å². The minimum Gasteiger partial charge on any atom is -0.469 e. The number of nitrogens with zero attached hydrogens (tertiary/aromatic N) is 1. The van der Waals surface area contributed by atoms with Crippen molar-refractivity contribution in [2.45, 2.75) is 32.7 Å². The number of ether oxygens (including phenoxy) is 2. The summed E-state index contributed by atoms with van der Waals surface area (Å²) >= 11 is 0. The largest absolute Gasteiger partial charge is 0.469 e. The predicted molar refractivity (Wildman–Crippen MR) is 70.8 cm³/mol. The third-order valence-corrected chi connectivity index (χ3v) is 2.62. The van der Waals surface area contributed by atoms with Gasteiger partial charge in [-0.05, 0) is 26.3 Å². The minimum absolute atomic E-state index is 0.120. The van der Waals surface area contributed by atoms with Gasteiger partial charge in [0.2, 0.25) is 0 Å². The summed E-state index contributed by atoms with van der Waals surface area (Å²) in [4.78, 5) is 22.8. The van der Waals surface area contributed by atoms with Crippen molar-refractivity contribution in [2.24, 2.45) is 0 Å². The van der Waals surface area contributed by atoms with Crippen molar-refractivity contribution in [3.63, 3.8) is 0 Å². The Morgan fingerprint density at radius 2 is 2.11 bits per heavy atom. The summed E-state index contributed by atoms with van der Waals surface area (Å²) in [6.45, 7) is 4.08. The summed E-state index contributed by atoms with van der Waals surface area (Å²) in [7, 11) is 1.33. The number of hydrogen-bond acceptors (Lipinski definition) is 5. The van der Waals surface area contributed by atoms with Crippen molar-refractivity contribution in [3.05, 3.63) is 18.0 Å². The highest BCUT2D eigenvalue weighted by Crippen LogP contribution is 2.17. The van der Waals surface area contributed by atoms with Crippen molar-refractivity contribution < 1.29 is 19.1 Å². The highest BCUT2D eigenvalue weighted by molar-refractivity contribution is 5.89. The summed E-state index contributed by atoms with van der Waals surface area (Å²) in [6, 6.07) is 1.71. The van der Waals surface area contributed by atoms with Crippen molar-refractivity contribution in [1.29, 1.82) is 0 Å². The van der Waals surface area contributed by atoms with Crippen molar-refractivity contribution in [3.8, 4) is 0 Å². The number of hydrogen-bond donors (Lipinski definition) is 1. The first kappa shape index (κ1) is 15.1. The molecule has 0 aliphatic carbocycles. The molecule has 0 saturated heterocycles. The molecule has 0 saturated carbocycles. The number of aromatic nitrogens is 1. The zero-order chi connectivity index (χ0) is 14.4. The van der Waals surface area contributed by atoms with E-state index < -0.39 is 5.97 Å². The van der Waals surface area contributed by atoms with E-state index in [9.17, 15) is 9.59 Å². The average molecular weight is 268 g/mol. The van der Waals surface area contributed by atoms with Gasteiger partial charge in [-0.15, -0.1) is 0 Å². The molecule has 1 rings (SSSR count). The molecule has 0 aliphatic heterocycles. The summed E-state index contributed by atoms with van der Waals surface area (Å²) in [6.07, 6.45) is 2.38. The van der Waals surface area contributed by atoms with Gasteiger partial charge in [0.15, 0.2) is 0 Å². The van der Waals surface area contributed by atoms with Crippen molar-refractivity contribution in [1.82, 2.24) is 4.57 Å². The third-order valence-electron chi connectivity index (χ3n) is 2.62. The Hall–Kier alpha value is -1.98. The van der Waals surface area contributed by atoms with Gasteiger partial charge in [0, 0.05) is 18.7 Å². The van der Waals surface area contributed by atoms with Crippen LogP contribution in [0.5, 0.6) is 0 Å². The fourth-order valence-corrected chi connectivity index (χ4v) is 1.65. The zero-order valence-corrected chi connectivity index (χ0v) is 11.5. The molecule has 1 aromatic rings. The van der Waals surface area contributed by atoms with Crippen LogP contribution < -0.4 is 5.73 Å². The van der Waals surface area contributed by atoms with Crippen LogP contribution in [0.3, 0.4) is 0 Å². The van der Waals surface area contributed by atoms with Gasteiger partial charge in [0.05, 0.1) is 19.4 Å². The van der Waals surface area contributed by atoms with Gasteiger partial charge in [-0.1, -0.05) is 0 Å². The molecule has 0 spiro atoms. The molecule has 0 aliphatic rings. The SMILES string of the molecule is COC(=O)CCCOC(=O)c1cc(N)cn1C(C)C. The van der Waals surface area contributed by atoms with E-state index in [0.717, 1.165) is 0 Å². The van der Waals surface area contributed by atoms with E-state index >= 15 is 0 Å². The second-order valence-electron chi connectivity index (χ2n) is 4.48. The van der Waals surface area contributed by atoms with Crippen molar-refractivity contribution >= 4 is 17.6 Å². The van der Waals surface area contributed by atoms with E-state index in [0.29, 0.717) is 17.8 Å². The molecule has 0 radical (unpaired) electrons. The van der Waals surface area contributed by atoms with Crippen LogP contribution in [-0.2, 0) is 14.3 Å². The summed E-state index contributed by atoms with van der Waals surface area (Å²) in [5.74, 6) is -0.749. The number of anilines is 1. The number of methoxy groups -OCH3 is 1. The molecule has 0 bridgehead atoms. The number of carbonyl (C=O) groups excluding carboxylic acids is 2. The molecule has 0 unspecified atom stereocenters. The van der Waals surface area contributed by atoms with E-state index in [-0.39, 0.29) is 25.0 Å². The molecule has 0 atom stereocenters. The van der Waals surface area contributed by atoms with Crippen LogP contribution in [0.25, 0.3) is 0 Å². The fourth-order valence-electron chi connectivity index (χ4n) is 1.65. The smallest absolute Gasteiger partial charge is 0.355 e. The quantitative estimate of drug-likeness (QED) is 0.628. The standard InChI is InChI=1S/C13H20N2O4/c1-9(2)15-8-10(14)7-11(15)13(17)19-6-4-5-12(16)18-3/h7-9H,4-6,14H2,1-3H3. The lowest BCUT2D eigenvalue weighted by Crippen LogP contribution is -2.14. The van der Waals surface area contributed by atoms with E-state index in [1.165, 1.54) is 7.11 Å². The maximum Gasteiger partial charge on any atom is 0.355 e. The Balaban J connectivity index is 2.52. The topological polar surface area (TPSA) is 83.6 Å². The zero-order valence-electron chi connectivity index (χ0n) is 11.5. The summed E-state index contributed by atoms with van der Waals surface area (Å²) < 4.78 is 11.4. The van der Waals surface area contributed by atoms with Crippen LogP contribution >= 0.6 is 0 Å². The van der Waals surface area contributed by atoms with Crippen LogP contribution in [0.2, 0.25) is 0 Å². The van der Waals surface area contributed by atoms with E-state index in [1.54, 1.807) is 16.8 Å². The molecule has 2 N–H and O–H groups in total.